The molecular formula is C16H20N6O2. The van der Waals surface area contributed by atoms with Crippen LogP contribution in [0.3, 0.4) is 0 Å². The number of rotatable bonds is 4. The molecule has 0 bridgehead atoms. The first-order valence-corrected chi connectivity index (χ1v) is 7.91. The Labute approximate surface area is 139 Å². The summed E-state index contributed by atoms with van der Waals surface area (Å²) in [4.78, 5) is 29.7. The van der Waals surface area contributed by atoms with E-state index in [0.717, 1.165) is 11.4 Å². The van der Waals surface area contributed by atoms with Crippen molar-refractivity contribution in [2.75, 3.05) is 12.3 Å². The van der Waals surface area contributed by atoms with E-state index in [0.29, 0.717) is 44.1 Å². The lowest BCUT2D eigenvalue weighted by Crippen LogP contribution is -2.38. The summed E-state index contributed by atoms with van der Waals surface area (Å²) in [6.07, 6.45) is 0.447. The molecule has 0 saturated carbocycles. The molecule has 0 unspecified atom stereocenters. The number of nitrogens with zero attached hydrogens (tertiary/aromatic N) is 4. The smallest absolute Gasteiger partial charge is 0.272 e. The van der Waals surface area contributed by atoms with Crippen LogP contribution in [0.1, 0.15) is 35.2 Å². The summed E-state index contributed by atoms with van der Waals surface area (Å²) < 4.78 is 1.88. The van der Waals surface area contributed by atoms with Crippen molar-refractivity contribution in [3.05, 3.63) is 41.3 Å². The van der Waals surface area contributed by atoms with E-state index in [1.165, 1.54) is 0 Å². The number of nitrogens with two attached hydrogens (primary N) is 1. The van der Waals surface area contributed by atoms with Gasteiger partial charge in [-0.15, -0.1) is 0 Å². The van der Waals surface area contributed by atoms with Gasteiger partial charge in [-0.2, -0.15) is 5.10 Å². The molecule has 24 heavy (non-hydrogen) atoms. The Bertz CT molecular complexity index is 770. The molecule has 3 heterocycles. The van der Waals surface area contributed by atoms with Gasteiger partial charge in [-0.1, -0.05) is 13.0 Å². The van der Waals surface area contributed by atoms with E-state index in [-0.39, 0.29) is 11.8 Å². The number of hydrogen-bond acceptors (Lipinski definition) is 5. The van der Waals surface area contributed by atoms with Crippen molar-refractivity contribution in [2.24, 2.45) is 0 Å². The maximum absolute atomic E-state index is 12.5. The van der Waals surface area contributed by atoms with Crippen LogP contribution in [0.2, 0.25) is 0 Å². The standard InChI is InChI=1S/C16H20N6O2/c1-2-15(23)18-9-11-8-12-10-21(6-7-22(12)20-11)16(24)13-4-3-5-14(17)19-13/h3-5,8H,2,6-7,9-10H2,1H3,(H2,17,19)(H,18,23). The van der Waals surface area contributed by atoms with Gasteiger partial charge in [0.2, 0.25) is 5.91 Å². The molecule has 0 fully saturated rings. The molecule has 1 aliphatic heterocycles. The molecule has 2 aromatic rings. The van der Waals surface area contributed by atoms with Crippen molar-refractivity contribution >= 4 is 17.6 Å². The van der Waals surface area contributed by atoms with Crippen LogP contribution >= 0.6 is 0 Å². The van der Waals surface area contributed by atoms with Crippen LogP contribution in [0.15, 0.2) is 24.3 Å². The maximum atomic E-state index is 12.5. The SMILES string of the molecule is CCC(=O)NCc1cc2n(n1)CCN(C(=O)c1cccc(N)n1)C2. The summed E-state index contributed by atoms with van der Waals surface area (Å²) in [5.74, 6) is 0.179. The fourth-order valence-corrected chi connectivity index (χ4v) is 2.63. The zero-order valence-corrected chi connectivity index (χ0v) is 13.5. The van der Waals surface area contributed by atoms with Gasteiger partial charge in [-0.05, 0) is 18.2 Å². The second-order valence-electron chi connectivity index (χ2n) is 5.65. The van der Waals surface area contributed by atoms with E-state index in [1.54, 1.807) is 30.0 Å². The van der Waals surface area contributed by atoms with Gasteiger partial charge in [0.05, 0.1) is 31.0 Å². The minimum atomic E-state index is -0.143. The van der Waals surface area contributed by atoms with Gasteiger partial charge in [-0.3, -0.25) is 14.3 Å². The summed E-state index contributed by atoms with van der Waals surface area (Å²) in [6.45, 7) is 3.85. The molecular weight excluding hydrogens is 308 g/mol. The van der Waals surface area contributed by atoms with Gasteiger partial charge in [0.25, 0.3) is 5.91 Å². The molecule has 3 N–H and O–H groups in total. The molecule has 0 atom stereocenters. The first-order valence-electron chi connectivity index (χ1n) is 7.91. The highest BCUT2D eigenvalue weighted by Gasteiger charge is 2.24. The molecule has 8 heteroatoms. The van der Waals surface area contributed by atoms with Crippen LogP contribution in [0, 0.1) is 0 Å². The highest BCUT2D eigenvalue weighted by atomic mass is 16.2. The summed E-state index contributed by atoms with van der Waals surface area (Å²) >= 11 is 0. The van der Waals surface area contributed by atoms with E-state index in [9.17, 15) is 9.59 Å². The topological polar surface area (TPSA) is 106 Å². The number of nitrogens with one attached hydrogen (secondary N) is 1. The zero-order chi connectivity index (χ0) is 17.1. The van der Waals surface area contributed by atoms with Crippen molar-refractivity contribution in [2.45, 2.75) is 33.0 Å². The highest BCUT2D eigenvalue weighted by molar-refractivity contribution is 5.92. The fourth-order valence-electron chi connectivity index (χ4n) is 2.63. The lowest BCUT2D eigenvalue weighted by atomic mass is 10.2. The Morgan fingerprint density at radius 2 is 2.17 bits per heavy atom. The van der Waals surface area contributed by atoms with Crippen LogP contribution in [0.5, 0.6) is 0 Å². The second-order valence-corrected chi connectivity index (χ2v) is 5.65. The normalized spacial score (nSPS) is 13.5. The molecule has 0 aliphatic carbocycles. The van der Waals surface area contributed by atoms with Crippen molar-refractivity contribution in [3.8, 4) is 0 Å². The van der Waals surface area contributed by atoms with Crippen LogP contribution in [0.4, 0.5) is 5.82 Å². The van der Waals surface area contributed by atoms with Gasteiger partial charge in [0.15, 0.2) is 0 Å². The van der Waals surface area contributed by atoms with Crippen molar-refractivity contribution in [1.29, 1.82) is 0 Å². The van der Waals surface area contributed by atoms with E-state index < -0.39 is 0 Å². The third kappa shape index (κ3) is 3.37. The third-order valence-corrected chi connectivity index (χ3v) is 3.91. The fraction of sp³-hybridized carbons (Fsp3) is 0.375. The summed E-state index contributed by atoms with van der Waals surface area (Å²) in [6, 6.07) is 6.95. The van der Waals surface area contributed by atoms with Crippen LogP contribution in [-0.2, 0) is 24.4 Å². The minimum Gasteiger partial charge on any atom is -0.384 e. The number of carbonyl (C=O) groups is 2. The summed E-state index contributed by atoms with van der Waals surface area (Å²) in [5.41, 5.74) is 7.73. The number of pyridine rings is 1. The quantitative estimate of drug-likeness (QED) is 0.852. The molecule has 2 amide bonds. The molecule has 8 nitrogen and oxygen atoms in total. The van der Waals surface area contributed by atoms with Gasteiger partial charge in [0, 0.05) is 13.0 Å². The number of carbonyl (C=O) groups excluding carboxylic acids is 2. The van der Waals surface area contributed by atoms with Crippen molar-refractivity contribution in [3.63, 3.8) is 0 Å². The van der Waals surface area contributed by atoms with Gasteiger partial charge in [-0.25, -0.2) is 4.98 Å². The Kier molecular flexibility index (Phi) is 4.45. The van der Waals surface area contributed by atoms with E-state index in [1.807, 2.05) is 10.7 Å². The van der Waals surface area contributed by atoms with E-state index in [2.05, 4.69) is 15.4 Å². The molecule has 1 aliphatic rings. The number of amides is 2. The Morgan fingerprint density at radius 3 is 2.92 bits per heavy atom. The number of nitrogen functional groups attached to an aromatic ring is 1. The Morgan fingerprint density at radius 1 is 1.33 bits per heavy atom. The predicted molar refractivity (Wildman–Crippen MR) is 87.8 cm³/mol. The van der Waals surface area contributed by atoms with E-state index >= 15 is 0 Å². The van der Waals surface area contributed by atoms with Gasteiger partial charge >= 0.3 is 0 Å². The molecule has 3 rings (SSSR count). The largest absolute Gasteiger partial charge is 0.384 e. The zero-order valence-electron chi connectivity index (χ0n) is 13.5. The predicted octanol–water partition coefficient (Wildman–Crippen LogP) is 0.542. The molecule has 2 aromatic heterocycles. The molecule has 126 valence electrons. The molecule has 0 aromatic carbocycles. The van der Waals surface area contributed by atoms with Crippen LogP contribution in [-0.4, -0.2) is 38.0 Å². The molecule has 0 saturated heterocycles. The minimum absolute atomic E-state index is 0.00878. The molecule has 0 spiro atoms. The maximum Gasteiger partial charge on any atom is 0.272 e. The number of aromatic nitrogens is 3. The second kappa shape index (κ2) is 6.69. The van der Waals surface area contributed by atoms with Gasteiger partial charge in [0.1, 0.15) is 11.5 Å². The van der Waals surface area contributed by atoms with Crippen LogP contribution in [0.25, 0.3) is 0 Å². The Balaban J connectivity index is 1.69. The summed E-state index contributed by atoms with van der Waals surface area (Å²) in [7, 11) is 0. The van der Waals surface area contributed by atoms with Crippen molar-refractivity contribution in [1.82, 2.24) is 25.0 Å². The lowest BCUT2D eigenvalue weighted by molar-refractivity contribution is -0.120. The van der Waals surface area contributed by atoms with E-state index in [4.69, 9.17) is 5.73 Å². The number of fused-ring (bicyclic) bond motifs is 1. The average Bonchev–Trinajstić information content (AvgIpc) is 3.01. The first-order chi connectivity index (χ1) is 11.6. The number of hydrogen-bond donors (Lipinski definition) is 2. The van der Waals surface area contributed by atoms with Crippen LogP contribution < -0.4 is 11.1 Å². The average molecular weight is 328 g/mol. The third-order valence-electron chi connectivity index (χ3n) is 3.91. The van der Waals surface area contributed by atoms with Gasteiger partial charge < -0.3 is 16.0 Å². The highest BCUT2D eigenvalue weighted by Crippen LogP contribution is 2.16. The number of anilines is 1. The molecule has 0 radical (unpaired) electrons. The first kappa shape index (κ1) is 16.0. The Hall–Kier alpha value is -2.90. The van der Waals surface area contributed by atoms with Crippen molar-refractivity contribution < 1.29 is 9.59 Å². The monoisotopic (exact) mass is 328 g/mol. The lowest BCUT2D eigenvalue weighted by Gasteiger charge is -2.27. The summed E-state index contributed by atoms with van der Waals surface area (Å²) in [5, 5.41) is 7.27.